The molecule has 2 N–H and O–H groups in total. The van der Waals surface area contributed by atoms with E-state index in [-0.39, 0.29) is 11.3 Å². The molecular weight excluding hydrogens is 121 g/mol. The molecule has 0 aliphatic heterocycles. The highest BCUT2D eigenvalue weighted by Crippen LogP contribution is 1.96. The normalized spacial score (nSPS) is 8.22. The number of rotatable bonds is 0. The Balaban J connectivity index is 0.000000640. The number of nitrogens with zero attached hydrogens (tertiary/aromatic N) is 1. The molecule has 0 aliphatic rings. The second-order valence-electron chi connectivity index (χ2n) is 1.68. The minimum absolute atomic E-state index is 0. The molecule has 0 bridgehead atoms. The Morgan fingerprint density at radius 2 is 2.11 bits per heavy atom. The summed E-state index contributed by atoms with van der Waals surface area (Å²) in [4.78, 5) is 3.61. The predicted octanol–water partition coefficient (Wildman–Crippen LogP) is 0.704. The van der Waals surface area contributed by atoms with Crippen LogP contribution in [0.4, 0.5) is 4.39 Å². The smallest absolute Gasteiger partial charge is 0.141 e. The van der Waals surface area contributed by atoms with Crippen LogP contribution in [0, 0.1) is 12.7 Å². The molecule has 0 saturated heterocycles. The SMILES string of the molecule is Cc1cncc(F)c1.O. The number of hydrogen-bond acceptors (Lipinski definition) is 1. The minimum Gasteiger partial charge on any atom is -0.412 e. The van der Waals surface area contributed by atoms with Gasteiger partial charge in [-0.3, -0.25) is 4.98 Å². The molecule has 0 amide bonds. The highest BCUT2D eigenvalue weighted by atomic mass is 19.1. The molecule has 2 nitrogen and oxygen atoms in total. The van der Waals surface area contributed by atoms with Crippen LogP contribution >= 0.6 is 0 Å². The van der Waals surface area contributed by atoms with Crippen molar-refractivity contribution in [1.82, 2.24) is 4.98 Å². The van der Waals surface area contributed by atoms with Crippen molar-refractivity contribution in [1.29, 1.82) is 0 Å². The fourth-order valence-corrected chi connectivity index (χ4v) is 0.518. The van der Waals surface area contributed by atoms with Gasteiger partial charge < -0.3 is 5.48 Å². The first kappa shape index (κ1) is 8.04. The van der Waals surface area contributed by atoms with Crippen LogP contribution in [-0.2, 0) is 0 Å². The summed E-state index contributed by atoms with van der Waals surface area (Å²) in [6.07, 6.45) is 2.80. The molecule has 0 atom stereocenters. The van der Waals surface area contributed by atoms with E-state index in [1.54, 1.807) is 13.1 Å². The molecule has 1 aromatic heterocycles. The molecule has 0 unspecified atom stereocenters. The molecule has 1 aromatic rings. The molecule has 1 heterocycles. The Labute approximate surface area is 52.7 Å². The lowest BCUT2D eigenvalue weighted by atomic mass is 10.3. The molecule has 0 fully saturated rings. The molecule has 1 rings (SSSR count). The number of aromatic nitrogens is 1. The van der Waals surface area contributed by atoms with E-state index >= 15 is 0 Å². The number of aryl methyl sites for hydroxylation is 1. The maximum absolute atomic E-state index is 12.1. The molecule has 0 saturated carbocycles. The van der Waals surface area contributed by atoms with Gasteiger partial charge in [-0.25, -0.2) is 4.39 Å². The van der Waals surface area contributed by atoms with Gasteiger partial charge in [0.2, 0.25) is 0 Å². The van der Waals surface area contributed by atoms with Gasteiger partial charge in [0, 0.05) is 6.20 Å². The summed E-state index contributed by atoms with van der Waals surface area (Å²) < 4.78 is 12.1. The predicted molar refractivity (Wildman–Crippen MR) is 32.5 cm³/mol. The fourth-order valence-electron chi connectivity index (χ4n) is 0.518. The molecule has 9 heavy (non-hydrogen) atoms. The monoisotopic (exact) mass is 129 g/mol. The quantitative estimate of drug-likeness (QED) is 0.508. The first-order chi connectivity index (χ1) is 3.79. The van der Waals surface area contributed by atoms with E-state index in [0.29, 0.717) is 0 Å². The lowest BCUT2D eigenvalue weighted by molar-refractivity contribution is 0.620. The van der Waals surface area contributed by atoms with Crippen LogP contribution in [0.1, 0.15) is 5.56 Å². The van der Waals surface area contributed by atoms with Crippen molar-refractivity contribution in [2.75, 3.05) is 0 Å². The van der Waals surface area contributed by atoms with E-state index in [0.717, 1.165) is 5.56 Å². The van der Waals surface area contributed by atoms with Crippen LogP contribution < -0.4 is 0 Å². The van der Waals surface area contributed by atoms with E-state index in [2.05, 4.69) is 4.98 Å². The standard InChI is InChI=1S/C6H6FN.H2O/c1-5-2-6(7)4-8-3-5;/h2-4H,1H3;1H2. The van der Waals surface area contributed by atoms with Gasteiger partial charge >= 0.3 is 0 Å². The maximum atomic E-state index is 12.1. The van der Waals surface area contributed by atoms with Gasteiger partial charge in [0.15, 0.2) is 0 Å². The zero-order chi connectivity index (χ0) is 5.98. The van der Waals surface area contributed by atoms with Gasteiger partial charge in [0.05, 0.1) is 6.20 Å². The third-order valence-electron chi connectivity index (χ3n) is 0.842. The Hall–Kier alpha value is -0.960. The van der Waals surface area contributed by atoms with E-state index in [4.69, 9.17) is 0 Å². The zero-order valence-corrected chi connectivity index (χ0v) is 5.06. The van der Waals surface area contributed by atoms with Crippen LogP contribution in [0.25, 0.3) is 0 Å². The maximum Gasteiger partial charge on any atom is 0.141 e. The third-order valence-corrected chi connectivity index (χ3v) is 0.842. The molecule has 0 radical (unpaired) electrons. The van der Waals surface area contributed by atoms with Gasteiger partial charge in [-0.15, -0.1) is 0 Å². The van der Waals surface area contributed by atoms with Crippen molar-refractivity contribution in [3.8, 4) is 0 Å². The van der Waals surface area contributed by atoms with Gasteiger partial charge in [-0.05, 0) is 18.6 Å². The van der Waals surface area contributed by atoms with Crippen LogP contribution in [0.15, 0.2) is 18.5 Å². The van der Waals surface area contributed by atoms with Crippen LogP contribution in [-0.4, -0.2) is 10.5 Å². The number of pyridine rings is 1. The number of halogens is 1. The summed E-state index contributed by atoms with van der Waals surface area (Å²) in [5, 5.41) is 0. The van der Waals surface area contributed by atoms with Crippen molar-refractivity contribution < 1.29 is 9.87 Å². The minimum atomic E-state index is -0.273. The summed E-state index contributed by atoms with van der Waals surface area (Å²) in [5.74, 6) is -0.273. The summed E-state index contributed by atoms with van der Waals surface area (Å²) in [7, 11) is 0. The third kappa shape index (κ3) is 2.19. The lowest BCUT2D eigenvalue weighted by Gasteiger charge is -1.86. The fraction of sp³-hybridized carbons (Fsp3) is 0.167. The second kappa shape index (κ2) is 3.14. The van der Waals surface area contributed by atoms with Crippen molar-refractivity contribution >= 4 is 0 Å². The average Bonchev–Trinajstić information content (AvgIpc) is 1.64. The van der Waals surface area contributed by atoms with E-state index in [1.165, 1.54) is 12.3 Å². The van der Waals surface area contributed by atoms with Crippen molar-refractivity contribution in [2.45, 2.75) is 6.92 Å². The van der Waals surface area contributed by atoms with Crippen molar-refractivity contribution in [3.63, 3.8) is 0 Å². The molecule has 0 aliphatic carbocycles. The highest BCUT2D eigenvalue weighted by Gasteiger charge is 1.85. The van der Waals surface area contributed by atoms with Gasteiger partial charge in [-0.1, -0.05) is 0 Å². The topological polar surface area (TPSA) is 44.4 Å². The van der Waals surface area contributed by atoms with E-state index in [9.17, 15) is 4.39 Å². The van der Waals surface area contributed by atoms with E-state index in [1.807, 2.05) is 0 Å². The highest BCUT2D eigenvalue weighted by molar-refractivity contribution is 5.06. The second-order valence-corrected chi connectivity index (χ2v) is 1.68. The summed E-state index contributed by atoms with van der Waals surface area (Å²) in [6, 6.07) is 1.44. The Bertz CT molecular complexity index is 173. The summed E-state index contributed by atoms with van der Waals surface area (Å²) in [6.45, 7) is 1.80. The van der Waals surface area contributed by atoms with Crippen molar-refractivity contribution in [3.05, 3.63) is 29.8 Å². The van der Waals surface area contributed by atoms with Crippen LogP contribution in [0.5, 0.6) is 0 Å². The van der Waals surface area contributed by atoms with Crippen LogP contribution in [0.3, 0.4) is 0 Å². The van der Waals surface area contributed by atoms with Crippen molar-refractivity contribution in [2.24, 2.45) is 0 Å². The molecule has 0 aromatic carbocycles. The Morgan fingerprint density at radius 3 is 2.44 bits per heavy atom. The largest absolute Gasteiger partial charge is 0.412 e. The van der Waals surface area contributed by atoms with Crippen LogP contribution in [0.2, 0.25) is 0 Å². The Kier molecular flexibility index (Phi) is 2.81. The molecule has 0 spiro atoms. The molecular formula is C6H8FNO. The number of hydrogen-bond donors (Lipinski definition) is 0. The first-order valence-electron chi connectivity index (χ1n) is 2.36. The lowest BCUT2D eigenvalue weighted by Crippen LogP contribution is -1.77. The molecule has 50 valence electrons. The van der Waals surface area contributed by atoms with Gasteiger partial charge in [0.25, 0.3) is 0 Å². The summed E-state index contributed by atoms with van der Waals surface area (Å²) in [5.41, 5.74) is 0.852. The zero-order valence-electron chi connectivity index (χ0n) is 5.06. The summed E-state index contributed by atoms with van der Waals surface area (Å²) >= 11 is 0. The van der Waals surface area contributed by atoms with Gasteiger partial charge in [-0.2, -0.15) is 0 Å². The molecule has 3 heteroatoms. The van der Waals surface area contributed by atoms with Gasteiger partial charge in [0.1, 0.15) is 5.82 Å². The average molecular weight is 129 g/mol. The van der Waals surface area contributed by atoms with E-state index < -0.39 is 0 Å². The Morgan fingerprint density at radius 1 is 1.44 bits per heavy atom. The first-order valence-corrected chi connectivity index (χ1v) is 2.36.